The van der Waals surface area contributed by atoms with E-state index in [1.54, 1.807) is 0 Å². The highest BCUT2D eigenvalue weighted by Crippen LogP contribution is 2.23. The van der Waals surface area contributed by atoms with Crippen molar-refractivity contribution < 1.29 is 9.59 Å². The summed E-state index contributed by atoms with van der Waals surface area (Å²) >= 11 is 0. The van der Waals surface area contributed by atoms with Crippen molar-refractivity contribution in [3.05, 3.63) is 0 Å². The highest BCUT2D eigenvalue weighted by molar-refractivity contribution is 5.86. The molecule has 0 bridgehead atoms. The lowest BCUT2D eigenvalue weighted by atomic mass is 9.84. The maximum atomic E-state index is 12.1. The molecule has 20 heavy (non-hydrogen) atoms. The predicted molar refractivity (Wildman–Crippen MR) is 80.1 cm³/mol. The first-order valence-corrected chi connectivity index (χ1v) is 7.59. The van der Waals surface area contributed by atoms with E-state index in [9.17, 15) is 9.59 Å². The van der Waals surface area contributed by atoms with E-state index in [1.807, 2.05) is 4.90 Å². The molecule has 0 saturated carbocycles. The van der Waals surface area contributed by atoms with Crippen molar-refractivity contribution in [1.29, 1.82) is 0 Å². The number of nitrogens with two attached hydrogens (primary N) is 1. The third-order valence-corrected chi connectivity index (χ3v) is 3.64. The maximum absolute atomic E-state index is 12.1. The van der Waals surface area contributed by atoms with Crippen LogP contribution in [0.5, 0.6) is 0 Å². The van der Waals surface area contributed by atoms with Gasteiger partial charge in [-0.25, -0.2) is 0 Å². The highest BCUT2D eigenvalue weighted by Gasteiger charge is 2.24. The van der Waals surface area contributed by atoms with Gasteiger partial charge >= 0.3 is 0 Å². The predicted octanol–water partition coefficient (Wildman–Crippen LogP) is 1.13. The first-order chi connectivity index (χ1) is 9.33. The lowest BCUT2D eigenvalue weighted by Crippen LogP contribution is -2.45. The molecule has 0 aromatic rings. The quantitative estimate of drug-likeness (QED) is 0.794. The van der Waals surface area contributed by atoms with Gasteiger partial charge in [0.05, 0.1) is 12.5 Å². The first-order valence-electron chi connectivity index (χ1n) is 7.59. The molecule has 3 N–H and O–H groups in total. The third kappa shape index (κ3) is 5.90. The van der Waals surface area contributed by atoms with Crippen LogP contribution in [0.15, 0.2) is 0 Å². The van der Waals surface area contributed by atoms with E-state index in [0.29, 0.717) is 6.54 Å². The maximum Gasteiger partial charge on any atom is 0.241 e. The van der Waals surface area contributed by atoms with E-state index < -0.39 is 0 Å². The van der Waals surface area contributed by atoms with Gasteiger partial charge in [0, 0.05) is 19.6 Å². The van der Waals surface area contributed by atoms with Gasteiger partial charge in [-0.1, -0.05) is 20.8 Å². The topological polar surface area (TPSA) is 75.4 Å². The van der Waals surface area contributed by atoms with E-state index in [2.05, 4.69) is 26.1 Å². The van der Waals surface area contributed by atoms with Crippen LogP contribution in [-0.4, -0.2) is 42.9 Å². The molecule has 1 aliphatic rings. The zero-order valence-corrected chi connectivity index (χ0v) is 13.1. The number of hydrogen-bond donors (Lipinski definition) is 2. The number of nitrogens with one attached hydrogen (secondary N) is 1. The van der Waals surface area contributed by atoms with Crippen LogP contribution in [0.2, 0.25) is 0 Å². The minimum Gasteiger partial charge on any atom is -0.347 e. The molecule has 1 atom stereocenters. The molecule has 1 heterocycles. The Morgan fingerprint density at radius 1 is 1.20 bits per heavy atom. The van der Waals surface area contributed by atoms with Gasteiger partial charge < -0.3 is 16.0 Å². The first kappa shape index (κ1) is 17.0. The second kappa shape index (κ2) is 7.62. The summed E-state index contributed by atoms with van der Waals surface area (Å²) < 4.78 is 0. The molecule has 1 aliphatic heterocycles. The summed E-state index contributed by atoms with van der Waals surface area (Å²) in [5, 5.41) is 2.74. The van der Waals surface area contributed by atoms with Crippen molar-refractivity contribution in [3.63, 3.8) is 0 Å². The summed E-state index contributed by atoms with van der Waals surface area (Å²) in [6.07, 6.45) is 4.05. The molecule has 0 radical (unpaired) electrons. The van der Waals surface area contributed by atoms with Gasteiger partial charge in [0.15, 0.2) is 0 Å². The molecule has 1 fully saturated rings. The minimum atomic E-state index is -0.218. The molecule has 0 aromatic carbocycles. The Morgan fingerprint density at radius 3 is 2.30 bits per heavy atom. The van der Waals surface area contributed by atoms with Crippen molar-refractivity contribution in [2.75, 3.05) is 26.2 Å². The number of nitrogens with zero attached hydrogens (tertiary/aromatic N) is 1. The number of amides is 2. The van der Waals surface area contributed by atoms with Gasteiger partial charge in [-0.3, -0.25) is 9.59 Å². The van der Waals surface area contributed by atoms with Crippen molar-refractivity contribution in [3.8, 4) is 0 Å². The largest absolute Gasteiger partial charge is 0.347 e. The fourth-order valence-electron chi connectivity index (χ4n) is 2.58. The van der Waals surface area contributed by atoms with Crippen molar-refractivity contribution in [2.24, 2.45) is 17.1 Å². The summed E-state index contributed by atoms with van der Waals surface area (Å²) in [7, 11) is 0. The zero-order valence-electron chi connectivity index (χ0n) is 13.1. The molecule has 116 valence electrons. The van der Waals surface area contributed by atoms with Gasteiger partial charge in [0.2, 0.25) is 11.8 Å². The molecule has 1 unspecified atom stereocenters. The molecular formula is C15H29N3O2. The van der Waals surface area contributed by atoms with Gasteiger partial charge in [-0.05, 0) is 31.1 Å². The number of hydrogen-bond acceptors (Lipinski definition) is 3. The Bertz CT molecular complexity index is 331. The van der Waals surface area contributed by atoms with Crippen LogP contribution < -0.4 is 11.1 Å². The van der Waals surface area contributed by atoms with Crippen LogP contribution in [0.4, 0.5) is 0 Å². The fraction of sp³-hybridized carbons (Fsp3) is 0.867. The van der Waals surface area contributed by atoms with Crippen LogP contribution in [0.25, 0.3) is 0 Å². The SMILES string of the molecule is CC(C)(C)CC(CN)C(=O)NCC(=O)N1CCCCC1. The summed E-state index contributed by atoms with van der Waals surface area (Å²) in [4.78, 5) is 25.9. The van der Waals surface area contributed by atoms with Crippen molar-refractivity contribution in [2.45, 2.75) is 46.5 Å². The van der Waals surface area contributed by atoms with E-state index in [0.717, 1.165) is 32.4 Å². The Balaban J connectivity index is 2.38. The second-order valence-corrected chi connectivity index (χ2v) is 6.86. The van der Waals surface area contributed by atoms with Crippen molar-refractivity contribution >= 4 is 11.8 Å². The van der Waals surface area contributed by atoms with Crippen LogP contribution in [-0.2, 0) is 9.59 Å². The summed E-state index contributed by atoms with van der Waals surface area (Å²) in [6, 6.07) is 0. The molecular weight excluding hydrogens is 254 g/mol. The smallest absolute Gasteiger partial charge is 0.241 e. The average molecular weight is 283 g/mol. The summed E-state index contributed by atoms with van der Waals surface area (Å²) in [5.41, 5.74) is 5.73. The van der Waals surface area contributed by atoms with Crippen LogP contribution >= 0.6 is 0 Å². The normalized spacial score (nSPS) is 17.7. The lowest BCUT2D eigenvalue weighted by Gasteiger charge is -2.28. The van der Waals surface area contributed by atoms with Gasteiger partial charge in [-0.2, -0.15) is 0 Å². The van der Waals surface area contributed by atoms with E-state index in [4.69, 9.17) is 5.73 Å². The fourth-order valence-corrected chi connectivity index (χ4v) is 2.58. The number of carbonyl (C=O) groups is 2. The number of piperidine rings is 1. The van der Waals surface area contributed by atoms with Gasteiger partial charge in [0.1, 0.15) is 0 Å². The zero-order chi connectivity index (χ0) is 15.2. The minimum absolute atomic E-state index is 0.0181. The molecule has 0 aromatic heterocycles. The Hall–Kier alpha value is -1.10. The summed E-state index contributed by atoms with van der Waals surface area (Å²) in [6.45, 7) is 8.31. The molecule has 5 nitrogen and oxygen atoms in total. The Morgan fingerprint density at radius 2 is 1.80 bits per heavy atom. The average Bonchev–Trinajstić information content (AvgIpc) is 2.41. The molecule has 1 saturated heterocycles. The molecule has 1 rings (SSSR count). The number of rotatable bonds is 5. The number of likely N-dealkylation sites (tertiary alicyclic amines) is 1. The van der Waals surface area contributed by atoms with Crippen molar-refractivity contribution in [1.82, 2.24) is 10.2 Å². The van der Waals surface area contributed by atoms with Gasteiger partial charge in [0.25, 0.3) is 0 Å². The monoisotopic (exact) mass is 283 g/mol. The second-order valence-electron chi connectivity index (χ2n) is 6.86. The lowest BCUT2D eigenvalue weighted by molar-refractivity contribution is -0.134. The number of carbonyl (C=O) groups excluding carboxylic acids is 2. The molecule has 0 aliphatic carbocycles. The van der Waals surface area contributed by atoms with Crippen LogP contribution in [0.1, 0.15) is 46.5 Å². The van der Waals surface area contributed by atoms with Crippen LogP contribution in [0, 0.1) is 11.3 Å². The van der Waals surface area contributed by atoms with Crippen LogP contribution in [0.3, 0.4) is 0 Å². The Labute approximate surface area is 122 Å². The van der Waals surface area contributed by atoms with E-state index >= 15 is 0 Å². The molecule has 2 amide bonds. The molecule has 5 heteroatoms. The standard InChI is InChI=1S/C15H29N3O2/c1-15(2,3)9-12(10-16)14(20)17-11-13(19)18-7-5-4-6-8-18/h12H,4-11,16H2,1-3H3,(H,17,20). The van der Waals surface area contributed by atoms with Gasteiger partial charge in [-0.15, -0.1) is 0 Å². The highest BCUT2D eigenvalue weighted by atomic mass is 16.2. The van der Waals surface area contributed by atoms with E-state index in [-0.39, 0.29) is 29.7 Å². The molecule has 0 spiro atoms. The summed E-state index contributed by atoms with van der Waals surface area (Å²) in [5.74, 6) is -0.304. The third-order valence-electron chi connectivity index (χ3n) is 3.64. The Kier molecular flexibility index (Phi) is 6.46. The van der Waals surface area contributed by atoms with E-state index in [1.165, 1.54) is 6.42 Å².